The molecule has 1 aromatic carbocycles. The molecule has 0 radical (unpaired) electrons. The fourth-order valence-electron chi connectivity index (χ4n) is 2.61. The van der Waals surface area contributed by atoms with Crippen LogP contribution in [0.1, 0.15) is 46.9 Å². The van der Waals surface area contributed by atoms with Crippen molar-refractivity contribution in [2.24, 2.45) is 0 Å². The Kier molecular flexibility index (Phi) is 5.10. The first kappa shape index (κ1) is 17.8. The van der Waals surface area contributed by atoms with Crippen LogP contribution in [0.15, 0.2) is 29.1 Å². The number of pyridine rings is 1. The molecule has 0 aliphatic rings. The van der Waals surface area contributed by atoms with Gasteiger partial charge in [-0.1, -0.05) is 23.7 Å². The maximum Gasteiger partial charge on any atom is 0.271 e. The van der Waals surface area contributed by atoms with Gasteiger partial charge >= 0.3 is 0 Å². The van der Waals surface area contributed by atoms with Crippen molar-refractivity contribution >= 4 is 17.4 Å². The Morgan fingerprint density at radius 1 is 1.33 bits per heavy atom. The quantitative estimate of drug-likeness (QED) is 0.862. The van der Waals surface area contributed by atoms with E-state index in [4.69, 9.17) is 11.6 Å². The third-order valence-electron chi connectivity index (χ3n) is 3.82. The summed E-state index contributed by atoms with van der Waals surface area (Å²) in [5, 5.41) is 20.3. The van der Waals surface area contributed by atoms with Crippen molar-refractivity contribution in [3.05, 3.63) is 61.9 Å². The first-order valence-electron chi connectivity index (χ1n) is 7.43. The maximum absolute atomic E-state index is 12.7. The summed E-state index contributed by atoms with van der Waals surface area (Å²) in [6, 6.07) is 8.24. The smallest absolute Gasteiger partial charge is 0.271 e. The number of hydrogen-bond acceptors (Lipinski definition) is 4. The van der Waals surface area contributed by atoms with Gasteiger partial charge in [0.15, 0.2) is 5.78 Å². The van der Waals surface area contributed by atoms with Gasteiger partial charge in [0.05, 0.1) is 5.56 Å². The predicted molar refractivity (Wildman–Crippen MR) is 91.7 cm³/mol. The van der Waals surface area contributed by atoms with Crippen LogP contribution in [0.25, 0.3) is 0 Å². The summed E-state index contributed by atoms with van der Waals surface area (Å²) in [6.45, 7) is 4.90. The average molecular weight is 345 g/mol. The van der Waals surface area contributed by atoms with Crippen LogP contribution in [0.5, 0.6) is 5.88 Å². The molecule has 0 fully saturated rings. The molecule has 0 bridgehead atoms. The van der Waals surface area contributed by atoms with E-state index in [1.807, 2.05) is 6.07 Å². The molecule has 24 heavy (non-hydrogen) atoms. The minimum Gasteiger partial charge on any atom is -0.494 e. The molecule has 0 aliphatic carbocycles. The van der Waals surface area contributed by atoms with Gasteiger partial charge in [0.1, 0.15) is 11.6 Å². The third kappa shape index (κ3) is 3.19. The van der Waals surface area contributed by atoms with Gasteiger partial charge in [-0.3, -0.25) is 14.2 Å². The lowest BCUT2D eigenvalue weighted by molar-refractivity contribution is 0.0988. The van der Waals surface area contributed by atoms with Crippen molar-refractivity contribution in [2.75, 3.05) is 0 Å². The van der Waals surface area contributed by atoms with Crippen molar-refractivity contribution < 1.29 is 9.90 Å². The van der Waals surface area contributed by atoms with E-state index in [-0.39, 0.29) is 34.9 Å². The Balaban J connectivity index is 2.59. The number of aromatic hydroxyl groups is 1. The number of carbonyl (C=O) groups excluding carboxylic acids is 1. The first-order valence-corrected chi connectivity index (χ1v) is 7.81. The zero-order valence-electron chi connectivity index (χ0n) is 13.6. The first-order chi connectivity index (χ1) is 11.3. The molecular formula is C18H17ClN2O3. The number of rotatable bonds is 4. The van der Waals surface area contributed by atoms with Crippen molar-refractivity contribution in [3.8, 4) is 11.9 Å². The van der Waals surface area contributed by atoms with E-state index < -0.39 is 11.4 Å². The van der Waals surface area contributed by atoms with Crippen LogP contribution in [-0.4, -0.2) is 15.5 Å². The summed E-state index contributed by atoms with van der Waals surface area (Å²) in [7, 11) is 0. The minimum atomic E-state index is -0.592. The van der Waals surface area contributed by atoms with Crippen molar-refractivity contribution in [3.63, 3.8) is 0 Å². The lowest BCUT2D eigenvalue weighted by Crippen LogP contribution is -2.28. The van der Waals surface area contributed by atoms with Gasteiger partial charge < -0.3 is 5.11 Å². The second kappa shape index (κ2) is 6.90. The Hall–Kier alpha value is -2.58. The Morgan fingerprint density at radius 3 is 2.42 bits per heavy atom. The van der Waals surface area contributed by atoms with E-state index in [1.165, 1.54) is 6.92 Å². The van der Waals surface area contributed by atoms with Gasteiger partial charge in [-0.05, 0) is 44.0 Å². The number of benzene rings is 1. The van der Waals surface area contributed by atoms with Crippen LogP contribution >= 0.6 is 11.6 Å². The molecule has 1 aromatic heterocycles. The highest BCUT2D eigenvalue weighted by atomic mass is 35.5. The molecule has 124 valence electrons. The molecule has 6 heteroatoms. The molecule has 2 aromatic rings. The van der Waals surface area contributed by atoms with E-state index in [2.05, 4.69) is 0 Å². The lowest BCUT2D eigenvalue weighted by Gasteiger charge is -2.18. The minimum absolute atomic E-state index is 0.00907. The molecular weight excluding hydrogens is 328 g/mol. The number of aromatic nitrogens is 1. The van der Waals surface area contributed by atoms with Gasteiger partial charge in [-0.15, -0.1) is 0 Å². The summed E-state index contributed by atoms with van der Waals surface area (Å²) in [5.41, 5.74) is 0.223. The molecule has 1 heterocycles. The molecule has 0 aliphatic heterocycles. The van der Waals surface area contributed by atoms with Gasteiger partial charge in [0.2, 0.25) is 5.88 Å². The molecule has 1 N–H and O–H groups in total. The van der Waals surface area contributed by atoms with E-state index in [0.717, 1.165) is 10.1 Å². The van der Waals surface area contributed by atoms with Crippen LogP contribution in [-0.2, 0) is 6.42 Å². The topological polar surface area (TPSA) is 83.1 Å². The number of hydrogen-bond donors (Lipinski definition) is 1. The van der Waals surface area contributed by atoms with Crippen LogP contribution in [0.3, 0.4) is 0 Å². The van der Waals surface area contributed by atoms with Gasteiger partial charge in [0.25, 0.3) is 5.56 Å². The lowest BCUT2D eigenvalue weighted by atomic mass is 9.97. The molecule has 0 atom stereocenters. The molecule has 5 nitrogen and oxygen atoms in total. The van der Waals surface area contributed by atoms with Crippen molar-refractivity contribution in [1.82, 2.24) is 4.57 Å². The fraction of sp³-hybridized carbons (Fsp3) is 0.278. The Labute approximate surface area is 144 Å². The number of nitriles is 1. The fourth-order valence-corrected chi connectivity index (χ4v) is 2.74. The summed E-state index contributed by atoms with van der Waals surface area (Å²) in [5.74, 6) is -0.760. The standard InChI is InChI=1S/C18H17ClN2O3/c1-10(2)21-17(23)14(9-20)11(3)16(18(21)24)15(22)8-12-4-6-13(19)7-5-12/h4-7,10,24H,8H2,1-3H3. The highest BCUT2D eigenvalue weighted by Crippen LogP contribution is 2.26. The third-order valence-corrected chi connectivity index (χ3v) is 4.07. The second-order valence-electron chi connectivity index (χ2n) is 5.81. The molecule has 0 saturated carbocycles. The van der Waals surface area contributed by atoms with Crippen LogP contribution in [0, 0.1) is 18.3 Å². The number of Topliss-reactive ketones (excluding diaryl/α,β-unsaturated/α-hetero) is 1. The normalized spacial score (nSPS) is 10.7. The maximum atomic E-state index is 12.7. The predicted octanol–water partition coefficient (Wildman–Crippen LogP) is 3.39. The van der Waals surface area contributed by atoms with Gasteiger partial charge in [-0.25, -0.2) is 0 Å². The Morgan fingerprint density at radius 2 is 1.92 bits per heavy atom. The summed E-state index contributed by atoms with van der Waals surface area (Å²) < 4.78 is 1.07. The van der Waals surface area contributed by atoms with Crippen LogP contribution in [0.4, 0.5) is 0 Å². The molecule has 0 spiro atoms. The molecule has 0 unspecified atom stereocenters. The van der Waals surface area contributed by atoms with Crippen LogP contribution < -0.4 is 5.56 Å². The number of carbonyl (C=O) groups is 1. The van der Waals surface area contributed by atoms with Crippen molar-refractivity contribution in [2.45, 2.75) is 33.2 Å². The highest BCUT2D eigenvalue weighted by Gasteiger charge is 2.24. The summed E-state index contributed by atoms with van der Waals surface area (Å²) >= 11 is 5.83. The molecule has 0 amide bonds. The zero-order valence-corrected chi connectivity index (χ0v) is 14.4. The largest absolute Gasteiger partial charge is 0.494 e. The van der Waals surface area contributed by atoms with E-state index in [1.54, 1.807) is 38.1 Å². The molecule has 0 saturated heterocycles. The summed E-state index contributed by atoms with van der Waals surface area (Å²) in [4.78, 5) is 25.0. The Bertz CT molecular complexity index is 890. The monoisotopic (exact) mass is 344 g/mol. The zero-order chi connectivity index (χ0) is 18.0. The van der Waals surface area contributed by atoms with E-state index in [9.17, 15) is 20.0 Å². The number of nitrogens with zero attached hydrogens (tertiary/aromatic N) is 2. The molecule has 2 rings (SSSR count). The average Bonchev–Trinajstić information content (AvgIpc) is 2.49. The van der Waals surface area contributed by atoms with Crippen LogP contribution in [0.2, 0.25) is 5.02 Å². The van der Waals surface area contributed by atoms with E-state index in [0.29, 0.717) is 5.02 Å². The SMILES string of the molecule is Cc1c(C(=O)Cc2ccc(Cl)cc2)c(O)n(C(C)C)c(=O)c1C#N. The number of halogens is 1. The summed E-state index contributed by atoms with van der Waals surface area (Å²) in [6.07, 6.45) is 0.0345. The number of ketones is 1. The van der Waals surface area contributed by atoms with E-state index >= 15 is 0 Å². The second-order valence-corrected chi connectivity index (χ2v) is 6.24. The van der Waals surface area contributed by atoms with Gasteiger partial charge in [0, 0.05) is 17.5 Å². The van der Waals surface area contributed by atoms with Gasteiger partial charge in [-0.2, -0.15) is 5.26 Å². The highest BCUT2D eigenvalue weighted by molar-refractivity contribution is 6.30. The van der Waals surface area contributed by atoms with Crippen molar-refractivity contribution in [1.29, 1.82) is 5.26 Å².